The summed E-state index contributed by atoms with van der Waals surface area (Å²) in [5.41, 5.74) is 0. The predicted octanol–water partition coefficient (Wildman–Crippen LogP) is 0.918. The number of likely N-dealkylation sites (N-methyl/N-ethyl adjacent to an activating group) is 5. The third kappa shape index (κ3) is 23.5. The highest BCUT2D eigenvalue weighted by Gasteiger charge is 2.45. The Balaban J connectivity index is 4.31. The minimum absolute atomic E-state index is 0.0430. The number of aliphatic hydroxyl groups is 3. The topological polar surface area (TPSA) is 337 Å². The Morgan fingerprint density at radius 2 is 0.895 bits per heavy atom. The number of amides is 11. The van der Waals surface area contributed by atoms with Crippen LogP contribution in [0.1, 0.15) is 149 Å². The van der Waals surface area contributed by atoms with E-state index in [-0.39, 0.29) is 68.8 Å². The quantitative estimate of drug-likeness (QED) is 0.0916. The van der Waals surface area contributed by atoms with Crippen molar-refractivity contribution in [2.45, 2.75) is 222 Å². The molecule has 0 radical (unpaired) electrons. The number of rotatable bonds is 17. The monoisotopic (exact) mass is 1220 g/mol. The van der Waals surface area contributed by atoms with Crippen LogP contribution in [0.15, 0.2) is 12.2 Å². The minimum atomic E-state index is -1.76. The van der Waals surface area contributed by atoms with E-state index in [2.05, 4.69) is 31.9 Å². The van der Waals surface area contributed by atoms with Crippen molar-refractivity contribution in [2.24, 2.45) is 41.4 Å². The summed E-state index contributed by atoms with van der Waals surface area (Å²) in [6, 6.07) is -13.7. The predicted molar refractivity (Wildman–Crippen MR) is 327 cm³/mol. The lowest BCUT2D eigenvalue weighted by molar-refractivity contribution is -0.155. The van der Waals surface area contributed by atoms with Crippen molar-refractivity contribution in [1.82, 2.24) is 56.4 Å². The molecule has 492 valence electrons. The highest BCUT2D eigenvalue weighted by atomic mass is 16.3. The van der Waals surface area contributed by atoms with Gasteiger partial charge in [-0.05, 0) is 108 Å². The van der Waals surface area contributed by atoms with Gasteiger partial charge in [0.15, 0.2) is 0 Å². The Morgan fingerprint density at radius 3 is 1.35 bits per heavy atom. The average molecular weight is 1220 g/mol. The molecule has 0 unspecified atom stereocenters. The van der Waals surface area contributed by atoms with Crippen molar-refractivity contribution in [3.05, 3.63) is 12.2 Å². The zero-order valence-electron chi connectivity index (χ0n) is 55.3. The molecule has 0 aromatic carbocycles. The Morgan fingerprint density at radius 1 is 0.477 bits per heavy atom. The molecule has 1 heterocycles. The van der Waals surface area contributed by atoms with Crippen molar-refractivity contribution in [3.8, 4) is 0 Å². The maximum Gasteiger partial charge on any atom is 0.248 e. The lowest BCUT2D eigenvalue weighted by atomic mass is 9.91. The summed E-state index contributed by atoms with van der Waals surface area (Å²) in [6.07, 6.45) is 0.790. The van der Waals surface area contributed by atoms with Crippen LogP contribution in [0.2, 0.25) is 0 Å². The molecule has 1 aliphatic rings. The first-order valence-electron chi connectivity index (χ1n) is 30.5. The molecule has 14 atom stereocenters. The number of hydrogen-bond donors (Lipinski definition) is 9. The number of carbonyl (C=O) groups excluding carboxylic acids is 11. The maximum absolute atomic E-state index is 15.0. The Hall–Kier alpha value is -6.21. The summed E-state index contributed by atoms with van der Waals surface area (Å²) in [7, 11) is 6.65. The molecule has 25 nitrogen and oxygen atoms in total. The first kappa shape index (κ1) is 77.8. The minimum Gasteiger partial charge on any atom is -0.396 e. The average Bonchev–Trinajstić information content (AvgIpc) is 1.73. The van der Waals surface area contributed by atoms with Gasteiger partial charge in [-0.25, -0.2) is 0 Å². The normalized spacial score (nSPS) is 27.2. The van der Waals surface area contributed by atoms with E-state index in [9.17, 15) is 63.3 Å². The zero-order valence-corrected chi connectivity index (χ0v) is 55.3. The molecule has 1 rings (SSSR count). The van der Waals surface area contributed by atoms with E-state index >= 15 is 4.79 Å². The van der Waals surface area contributed by atoms with Crippen LogP contribution >= 0.6 is 0 Å². The molecule has 9 N–H and O–H groups in total. The van der Waals surface area contributed by atoms with Gasteiger partial charge >= 0.3 is 0 Å². The van der Waals surface area contributed by atoms with Crippen molar-refractivity contribution in [1.29, 1.82) is 0 Å². The highest BCUT2D eigenvalue weighted by Crippen LogP contribution is 2.24. The smallest absolute Gasteiger partial charge is 0.248 e. The summed E-state index contributed by atoms with van der Waals surface area (Å²) >= 11 is 0. The van der Waals surface area contributed by atoms with Gasteiger partial charge in [-0.15, -0.1) is 0 Å². The first-order valence-corrected chi connectivity index (χ1v) is 30.5. The van der Waals surface area contributed by atoms with Gasteiger partial charge in [-0.2, -0.15) is 0 Å². The number of nitrogens with zero attached hydrogens (tertiary/aromatic N) is 5. The lowest BCUT2D eigenvalue weighted by Gasteiger charge is -2.40. The van der Waals surface area contributed by atoms with Crippen LogP contribution in [0.4, 0.5) is 0 Å². The van der Waals surface area contributed by atoms with Gasteiger partial charge < -0.3 is 71.7 Å². The molecule has 1 aliphatic heterocycles. The van der Waals surface area contributed by atoms with Gasteiger partial charge in [0.25, 0.3) is 0 Å². The van der Waals surface area contributed by atoms with Crippen molar-refractivity contribution < 1.29 is 68.1 Å². The third-order valence-corrected chi connectivity index (χ3v) is 15.5. The zero-order chi connectivity index (χ0) is 66.5. The molecule has 0 saturated carbocycles. The van der Waals surface area contributed by atoms with E-state index < -0.39 is 162 Å². The summed E-state index contributed by atoms with van der Waals surface area (Å²) in [4.78, 5) is 164. The van der Waals surface area contributed by atoms with Crippen LogP contribution in [0.3, 0.4) is 0 Å². The van der Waals surface area contributed by atoms with Gasteiger partial charge in [-0.1, -0.05) is 95.2 Å². The molecule has 1 fully saturated rings. The fourth-order valence-corrected chi connectivity index (χ4v) is 10.3. The van der Waals surface area contributed by atoms with Crippen molar-refractivity contribution in [3.63, 3.8) is 0 Å². The third-order valence-electron chi connectivity index (χ3n) is 15.5. The molecular weight excluding hydrogens is 1110 g/mol. The molecule has 86 heavy (non-hydrogen) atoms. The Labute approximate surface area is 511 Å². The first-order chi connectivity index (χ1) is 39.7. The SMILES string of the molecule is C/C=C/C[C@@H](C)[C@@H](O)[C@H]1C(=O)N[C@@H]([C@@H](C)O)C(=O)N(C)CC(=O)N(C)[C@@H](CC(C)C)C(=O)N[C@@H](CC(C)C)C(=O)N(C)[C@@H](CC(C)C)C(=O)N[C@@H](C)C(=O)N[C@H](C)C(=O)N[C@@H](C[C@H](C)CO)C(=O)N[C@@H](CC(C)C)C(=O)N(C)[C@@H](C(C)C)C(=O)N1C. The molecule has 0 aromatic heterocycles. The second kappa shape index (κ2) is 36.2. The van der Waals surface area contributed by atoms with Crippen molar-refractivity contribution in [2.75, 3.05) is 48.4 Å². The molecular formula is C61H109N11O14. The number of nitrogens with one attached hydrogen (secondary N) is 6. The molecule has 0 spiro atoms. The number of allylic oxidation sites excluding steroid dienone is 2. The fourth-order valence-electron chi connectivity index (χ4n) is 10.3. The van der Waals surface area contributed by atoms with E-state index in [1.54, 1.807) is 60.6 Å². The summed E-state index contributed by atoms with van der Waals surface area (Å²) in [5.74, 6) is -11.4. The van der Waals surface area contributed by atoms with Crippen LogP contribution in [0, 0.1) is 41.4 Å². The van der Waals surface area contributed by atoms with Crippen LogP contribution in [-0.4, -0.2) is 226 Å². The van der Waals surface area contributed by atoms with E-state index in [1.807, 2.05) is 41.5 Å². The second-order valence-electron chi connectivity index (χ2n) is 25.9. The van der Waals surface area contributed by atoms with Gasteiger partial charge in [0, 0.05) is 41.8 Å². The standard InChI is InChI=1S/C61H109N11O14/c1-22-23-24-38(13)51(76)50-57(82)67-48(41(16)74)60(85)68(17)30-47(75)69(18)45(27-34(6)7)56(81)66-43(25-32(2)3)58(83)70(19)46(28-35(8)9)55(80)63-39(14)52(77)62-40(15)53(78)64-42(29-37(12)31-73)54(79)65-44(26-33(4)5)59(84)71(20)49(36(10)11)61(86)72(50)21/h22-23,32-46,48-51,73-74,76H,24-31H2,1-21H3,(H,62,77)(H,63,80)(H,64,78)(H,65,79)(H,66,81)(H,67,82)/b23-22+/t37-,38+,39-,40+,41+,42-,43-,44-,45-,46-,48-,49-,50-,51+/m0/s1. The highest BCUT2D eigenvalue weighted by molar-refractivity contribution is 5.99. The van der Waals surface area contributed by atoms with E-state index in [4.69, 9.17) is 0 Å². The summed E-state index contributed by atoms with van der Waals surface area (Å²) in [5, 5.41) is 49.3. The number of aliphatic hydroxyl groups excluding tert-OH is 3. The van der Waals surface area contributed by atoms with Crippen LogP contribution < -0.4 is 31.9 Å². The van der Waals surface area contributed by atoms with Crippen LogP contribution in [-0.2, 0) is 52.7 Å². The second-order valence-corrected chi connectivity index (χ2v) is 25.9. The summed E-state index contributed by atoms with van der Waals surface area (Å²) in [6.45, 7) is 25.9. The molecule has 1 saturated heterocycles. The number of hydrogen-bond acceptors (Lipinski definition) is 14. The molecule has 0 aliphatic carbocycles. The fraction of sp³-hybridized carbons (Fsp3) is 0.787. The van der Waals surface area contributed by atoms with E-state index in [0.29, 0.717) is 0 Å². The molecule has 25 heteroatoms. The van der Waals surface area contributed by atoms with E-state index in [0.717, 1.165) is 19.6 Å². The Bertz CT molecular complexity index is 2330. The van der Waals surface area contributed by atoms with Gasteiger partial charge in [0.1, 0.15) is 60.4 Å². The molecule has 0 bridgehead atoms. The summed E-state index contributed by atoms with van der Waals surface area (Å²) < 4.78 is 0. The van der Waals surface area contributed by atoms with Gasteiger partial charge in [0.2, 0.25) is 65.0 Å². The van der Waals surface area contributed by atoms with Crippen LogP contribution in [0.25, 0.3) is 0 Å². The molecule has 11 amide bonds. The maximum atomic E-state index is 15.0. The van der Waals surface area contributed by atoms with Crippen LogP contribution in [0.5, 0.6) is 0 Å². The lowest BCUT2D eigenvalue weighted by Crippen LogP contribution is -2.64. The number of carbonyl (C=O) groups is 11. The van der Waals surface area contributed by atoms with Crippen molar-refractivity contribution >= 4 is 65.0 Å². The van der Waals surface area contributed by atoms with E-state index in [1.165, 1.54) is 60.9 Å². The largest absolute Gasteiger partial charge is 0.396 e. The van der Waals surface area contributed by atoms with Gasteiger partial charge in [0.05, 0.1) is 18.8 Å². The Kier molecular flexibility index (Phi) is 32.7. The molecule has 0 aromatic rings. The van der Waals surface area contributed by atoms with Gasteiger partial charge in [-0.3, -0.25) is 52.7 Å².